The van der Waals surface area contributed by atoms with Crippen LogP contribution in [0.1, 0.15) is 6.42 Å². The number of nitrogens with one attached hydrogen (secondary N) is 1. The summed E-state index contributed by atoms with van der Waals surface area (Å²) in [5.74, 6) is -0.308. The van der Waals surface area contributed by atoms with Crippen LogP contribution >= 0.6 is 15.9 Å². The zero-order valence-corrected chi connectivity index (χ0v) is 13.9. The molecule has 22 heavy (non-hydrogen) atoms. The molecule has 1 aromatic carbocycles. The molecule has 2 aliphatic heterocycles. The molecular weight excluding hydrogens is 374 g/mol. The maximum absolute atomic E-state index is 12.6. The molecule has 7 nitrogen and oxygen atoms in total. The summed E-state index contributed by atoms with van der Waals surface area (Å²) in [4.78, 5) is 24.7. The topological polar surface area (TPSA) is 86.8 Å². The number of hydrogen-bond acceptors (Lipinski definition) is 4. The van der Waals surface area contributed by atoms with Gasteiger partial charge in [0.25, 0.3) is 0 Å². The smallest absolute Gasteiger partial charge is 0.324 e. The second kappa shape index (κ2) is 5.64. The van der Waals surface area contributed by atoms with E-state index in [1.165, 1.54) is 16.4 Å². The van der Waals surface area contributed by atoms with Gasteiger partial charge in [0.2, 0.25) is 15.9 Å². The van der Waals surface area contributed by atoms with E-state index >= 15 is 0 Å². The molecular formula is C13H14BrN3O4S. The van der Waals surface area contributed by atoms with Crippen molar-refractivity contribution >= 4 is 37.9 Å². The van der Waals surface area contributed by atoms with Gasteiger partial charge in [-0.3, -0.25) is 9.69 Å². The first-order valence-corrected chi connectivity index (χ1v) is 8.98. The second-order valence-corrected chi connectivity index (χ2v) is 8.04. The highest BCUT2D eigenvalue weighted by molar-refractivity contribution is 9.10. The van der Waals surface area contributed by atoms with Gasteiger partial charge in [0.05, 0.1) is 17.5 Å². The molecule has 0 bridgehead atoms. The minimum Gasteiger partial charge on any atom is -0.329 e. The summed E-state index contributed by atoms with van der Waals surface area (Å²) in [7, 11) is -3.61. The summed E-state index contributed by atoms with van der Waals surface area (Å²) in [6.45, 7) is 0.409. The van der Waals surface area contributed by atoms with Crippen LogP contribution in [0.2, 0.25) is 0 Å². The highest BCUT2D eigenvalue weighted by Crippen LogP contribution is 2.25. The Kier molecular flexibility index (Phi) is 3.96. The van der Waals surface area contributed by atoms with Crippen molar-refractivity contribution in [1.29, 1.82) is 0 Å². The Labute approximate surface area is 136 Å². The van der Waals surface area contributed by atoms with Crippen LogP contribution in [0.25, 0.3) is 0 Å². The van der Waals surface area contributed by atoms with Gasteiger partial charge in [0.1, 0.15) is 0 Å². The number of halogens is 1. The Bertz CT molecular complexity index is 703. The molecule has 1 unspecified atom stereocenters. The molecule has 0 aliphatic carbocycles. The van der Waals surface area contributed by atoms with Gasteiger partial charge in [-0.25, -0.2) is 13.2 Å². The number of carbonyl (C=O) groups is 2. The van der Waals surface area contributed by atoms with Gasteiger partial charge >= 0.3 is 6.03 Å². The van der Waals surface area contributed by atoms with Crippen LogP contribution in [0.4, 0.5) is 4.79 Å². The fourth-order valence-corrected chi connectivity index (χ4v) is 4.46. The average Bonchev–Trinajstić information content (AvgIpc) is 3.07. The molecule has 2 heterocycles. The third kappa shape index (κ3) is 2.64. The van der Waals surface area contributed by atoms with Gasteiger partial charge in [0, 0.05) is 17.6 Å². The number of carbonyl (C=O) groups excluding carboxylic acids is 2. The number of imide groups is 1. The highest BCUT2D eigenvalue weighted by atomic mass is 79.9. The molecule has 3 amide bonds. The monoisotopic (exact) mass is 387 g/mol. The van der Waals surface area contributed by atoms with E-state index < -0.39 is 22.1 Å². The van der Waals surface area contributed by atoms with Gasteiger partial charge in [-0.2, -0.15) is 4.31 Å². The van der Waals surface area contributed by atoms with E-state index in [1.54, 1.807) is 12.1 Å². The van der Waals surface area contributed by atoms with Crippen molar-refractivity contribution < 1.29 is 18.0 Å². The summed E-state index contributed by atoms with van der Waals surface area (Å²) in [5, 5.41) is 2.45. The number of sulfonamides is 1. The predicted molar refractivity (Wildman–Crippen MR) is 81.6 cm³/mol. The molecule has 2 fully saturated rings. The van der Waals surface area contributed by atoms with Gasteiger partial charge in [-0.15, -0.1) is 0 Å². The number of nitrogens with zero attached hydrogens (tertiary/aromatic N) is 2. The highest BCUT2D eigenvalue weighted by Gasteiger charge is 2.41. The van der Waals surface area contributed by atoms with Crippen molar-refractivity contribution in [3.63, 3.8) is 0 Å². The first-order valence-electron chi connectivity index (χ1n) is 6.75. The van der Waals surface area contributed by atoms with Crippen LogP contribution in [0.3, 0.4) is 0 Å². The van der Waals surface area contributed by atoms with Crippen molar-refractivity contribution in [3.8, 4) is 0 Å². The van der Waals surface area contributed by atoms with Crippen LogP contribution in [-0.2, 0) is 14.8 Å². The lowest BCUT2D eigenvalue weighted by molar-refractivity contribution is -0.126. The molecule has 0 spiro atoms. The minimum atomic E-state index is -3.61. The van der Waals surface area contributed by atoms with Crippen molar-refractivity contribution in [3.05, 3.63) is 28.7 Å². The lowest BCUT2D eigenvalue weighted by atomic mass is 10.2. The minimum absolute atomic E-state index is 0.0191. The second-order valence-electron chi connectivity index (χ2n) is 5.18. The summed E-state index contributed by atoms with van der Waals surface area (Å²) >= 11 is 3.27. The molecule has 0 saturated carbocycles. The van der Waals surface area contributed by atoms with Crippen LogP contribution in [0, 0.1) is 0 Å². The summed E-state index contributed by atoms with van der Waals surface area (Å²) in [6, 6.07) is 5.54. The molecule has 3 rings (SSSR count). The number of benzene rings is 1. The average molecular weight is 388 g/mol. The standard InChI is InChI=1S/C13H14BrN3O4S/c14-9-1-3-11(4-2-9)22(20,21)16-6-5-10(8-16)17-12(18)7-15-13(17)19/h1-4,10H,5-8H2,(H,15,19). The van der Waals surface area contributed by atoms with Crippen LogP contribution in [-0.4, -0.2) is 55.2 Å². The lowest BCUT2D eigenvalue weighted by Crippen LogP contribution is -2.42. The largest absolute Gasteiger partial charge is 0.329 e. The van der Waals surface area contributed by atoms with E-state index in [2.05, 4.69) is 21.2 Å². The maximum atomic E-state index is 12.6. The number of rotatable bonds is 3. The SMILES string of the molecule is O=C1CNC(=O)N1C1CCN(S(=O)(=O)c2ccc(Br)cc2)C1. The first kappa shape index (κ1) is 15.4. The third-order valence-electron chi connectivity index (χ3n) is 3.82. The van der Waals surface area contributed by atoms with Gasteiger partial charge in [-0.1, -0.05) is 15.9 Å². The Morgan fingerprint density at radius 3 is 2.45 bits per heavy atom. The fourth-order valence-electron chi connectivity index (χ4n) is 2.70. The van der Waals surface area contributed by atoms with Crippen molar-refractivity contribution in [2.24, 2.45) is 0 Å². The lowest BCUT2D eigenvalue weighted by Gasteiger charge is -2.21. The maximum Gasteiger partial charge on any atom is 0.324 e. The zero-order chi connectivity index (χ0) is 15.9. The predicted octanol–water partition coefficient (Wildman–Crippen LogP) is 0.764. The first-order chi connectivity index (χ1) is 10.4. The molecule has 1 aromatic rings. The van der Waals surface area contributed by atoms with E-state index in [9.17, 15) is 18.0 Å². The van der Waals surface area contributed by atoms with Crippen molar-refractivity contribution in [2.75, 3.05) is 19.6 Å². The van der Waals surface area contributed by atoms with E-state index in [0.29, 0.717) is 13.0 Å². The summed E-state index contributed by atoms with van der Waals surface area (Å²) in [5.41, 5.74) is 0. The fraction of sp³-hybridized carbons (Fsp3) is 0.385. The Balaban J connectivity index is 1.78. The number of hydrogen-bond donors (Lipinski definition) is 1. The Morgan fingerprint density at radius 2 is 1.86 bits per heavy atom. The molecule has 9 heteroatoms. The quantitative estimate of drug-likeness (QED) is 0.775. The van der Waals surface area contributed by atoms with E-state index in [4.69, 9.17) is 0 Å². The van der Waals surface area contributed by atoms with E-state index in [1.807, 2.05) is 0 Å². The Hall–Kier alpha value is -1.45. The molecule has 2 saturated heterocycles. The molecule has 118 valence electrons. The molecule has 1 atom stereocenters. The number of urea groups is 1. The zero-order valence-electron chi connectivity index (χ0n) is 11.5. The van der Waals surface area contributed by atoms with Gasteiger partial charge < -0.3 is 5.32 Å². The van der Waals surface area contributed by atoms with Crippen LogP contribution < -0.4 is 5.32 Å². The molecule has 2 aliphatic rings. The van der Waals surface area contributed by atoms with Gasteiger partial charge in [0.15, 0.2) is 0 Å². The summed E-state index contributed by atoms with van der Waals surface area (Å²) < 4.78 is 27.3. The molecule has 0 radical (unpaired) electrons. The Morgan fingerprint density at radius 1 is 1.18 bits per heavy atom. The molecule has 0 aromatic heterocycles. The van der Waals surface area contributed by atoms with E-state index in [-0.39, 0.29) is 23.9 Å². The third-order valence-corrected chi connectivity index (χ3v) is 6.23. The van der Waals surface area contributed by atoms with Crippen molar-refractivity contribution in [2.45, 2.75) is 17.4 Å². The molecule has 1 N–H and O–H groups in total. The van der Waals surface area contributed by atoms with Gasteiger partial charge in [-0.05, 0) is 30.7 Å². The van der Waals surface area contributed by atoms with Crippen LogP contribution in [0.5, 0.6) is 0 Å². The van der Waals surface area contributed by atoms with Crippen LogP contribution in [0.15, 0.2) is 33.6 Å². The summed E-state index contributed by atoms with van der Waals surface area (Å²) in [6.07, 6.45) is 0.453. The normalized spacial score (nSPS) is 23.1. The van der Waals surface area contributed by atoms with E-state index in [0.717, 1.165) is 9.37 Å². The van der Waals surface area contributed by atoms with Crippen molar-refractivity contribution in [1.82, 2.24) is 14.5 Å². The number of amides is 3.